The fourth-order valence-electron chi connectivity index (χ4n) is 6.24. The van der Waals surface area contributed by atoms with Crippen molar-refractivity contribution < 1.29 is 19.1 Å². The van der Waals surface area contributed by atoms with Crippen LogP contribution in [-0.4, -0.2) is 73.0 Å². The third kappa shape index (κ3) is 8.65. The Morgan fingerprint density at radius 2 is 1.25 bits per heavy atom. The van der Waals surface area contributed by atoms with Gasteiger partial charge in [-0.2, -0.15) is 10.2 Å². The van der Waals surface area contributed by atoms with Gasteiger partial charge in [0.25, 0.3) is 0 Å². The molecule has 22 heteroatoms. The summed E-state index contributed by atoms with van der Waals surface area (Å²) in [4.78, 5) is 53.5. The lowest BCUT2D eigenvalue weighted by atomic mass is 10.1. The number of hydrogen-bond donors (Lipinski definition) is 6. The van der Waals surface area contributed by atoms with Crippen molar-refractivity contribution in [3.05, 3.63) is 71.5 Å². The Labute approximate surface area is 364 Å². The monoisotopic (exact) mass is 898 g/mol. The zero-order chi connectivity index (χ0) is 42.6. The van der Waals surface area contributed by atoms with Gasteiger partial charge in [-0.15, -0.1) is 0 Å². The van der Waals surface area contributed by atoms with Crippen molar-refractivity contribution in [2.45, 2.75) is 52.1 Å². The summed E-state index contributed by atoms with van der Waals surface area (Å²) in [6.45, 7) is 5.38. The lowest BCUT2D eigenvalue weighted by Gasteiger charge is -2.19. The molecule has 61 heavy (non-hydrogen) atoms. The second kappa shape index (κ2) is 15.9. The van der Waals surface area contributed by atoms with Gasteiger partial charge in [0, 0.05) is 34.3 Å². The fraction of sp³-hybridized carbons (Fsp3) is 0.256. The van der Waals surface area contributed by atoms with Gasteiger partial charge in [0.2, 0.25) is 11.8 Å². The Balaban J connectivity index is 0.000000160. The van der Waals surface area contributed by atoms with Crippen LogP contribution < -0.4 is 21.7 Å². The second-order valence-electron chi connectivity index (χ2n) is 15.4. The van der Waals surface area contributed by atoms with Crippen LogP contribution in [0.1, 0.15) is 46.5 Å². The van der Waals surface area contributed by atoms with Gasteiger partial charge in [0.05, 0.1) is 33.8 Å². The van der Waals surface area contributed by atoms with Crippen LogP contribution in [0.25, 0.3) is 54.8 Å². The number of anilines is 4. The maximum absolute atomic E-state index is 12.1. The summed E-state index contributed by atoms with van der Waals surface area (Å²) >= 11 is 15.6. The molecule has 2 aliphatic rings. The molecule has 2 saturated carbocycles. The standard InChI is InChI=1S/C22H22ClN7O3S.C17H14ClN7OS/c1-22(2,3)33-21(32)25-12-6-7-13(14(23)8-12)15-9-24-10-30(15)18-16-17(28-29-18)26-20(34-16)27-19(31)11-4-5-11;18-11-5-9(19)3-4-10(11)12-6-20-7-25(12)15-13-14(23-24-15)21-17(27-13)22-16(26)8-1-2-8/h6-11H,4-5H2,1-3H3,(H,25,32)(H2,26,27,28,29,31);3-8H,1-2,19H2,(H2,21,22,23,24,26). The number of halogens is 2. The Morgan fingerprint density at radius 1 is 0.754 bits per heavy atom. The normalized spacial score (nSPS) is 13.9. The van der Waals surface area contributed by atoms with Crippen LogP contribution in [0.2, 0.25) is 10.0 Å². The number of carbonyl (C=O) groups excluding carboxylic acids is 3. The highest BCUT2D eigenvalue weighted by atomic mass is 35.5. The first kappa shape index (κ1) is 40.1. The molecule has 3 amide bonds. The Bertz CT molecular complexity index is 2970. The molecule has 312 valence electrons. The molecule has 0 radical (unpaired) electrons. The van der Waals surface area contributed by atoms with E-state index in [-0.39, 0.29) is 23.7 Å². The first-order valence-electron chi connectivity index (χ1n) is 19.0. The number of ether oxygens (including phenoxy) is 1. The van der Waals surface area contributed by atoms with Crippen molar-refractivity contribution in [3.63, 3.8) is 0 Å². The number of imidazole rings is 2. The molecule has 6 heterocycles. The summed E-state index contributed by atoms with van der Waals surface area (Å²) in [5, 5.41) is 25.0. The van der Waals surface area contributed by atoms with Crippen molar-refractivity contribution in [3.8, 4) is 34.2 Å². The number of amides is 3. The van der Waals surface area contributed by atoms with Gasteiger partial charge in [0.1, 0.15) is 27.7 Å². The van der Waals surface area contributed by atoms with E-state index in [2.05, 4.69) is 56.3 Å². The van der Waals surface area contributed by atoms with Crippen LogP contribution in [0, 0.1) is 11.8 Å². The van der Waals surface area contributed by atoms with E-state index in [0.717, 1.165) is 46.3 Å². The highest BCUT2D eigenvalue weighted by molar-refractivity contribution is 7.23. The summed E-state index contributed by atoms with van der Waals surface area (Å²) in [6.07, 6.45) is 9.88. The van der Waals surface area contributed by atoms with E-state index in [1.54, 1.807) is 80.7 Å². The number of thiazole rings is 2. The van der Waals surface area contributed by atoms with E-state index in [1.807, 2.05) is 10.6 Å². The van der Waals surface area contributed by atoms with Crippen LogP contribution in [0.3, 0.4) is 0 Å². The minimum Gasteiger partial charge on any atom is -0.444 e. The SMILES string of the molecule is CC(C)(C)OC(=O)Nc1ccc(-c2cncn2-c2n[nH]c3nc(NC(=O)C4CC4)sc23)c(Cl)c1.Nc1ccc(-c2cncn2-c2n[nH]c3nc(NC(=O)C4CC4)sc23)c(Cl)c1. The number of aromatic amines is 2. The van der Waals surface area contributed by atoms with Crippen molar-refractivity contribution in [2.24, 2.45) is 11.8 Å². The van der Waals surface area contributed by atoms with Crippen molar-refractivity contribution in [2.75, 3.05) is 21.7 Å². The van der Waals surface area contributed by atoms with Gasteiger partial charge in [-0.25, -0.2) is 24.7 Å². The van der Waals surface area contributed by atoms with Crippen molar-refractivity contribution in [1.82, 2.24) is 49.5 Å². The molecule has 0 unspecified atom stereocenters. The molecule has 8 aromatic rings. The Hall–Kier alpha value is -6.35. The number of nitrogen functional groups attached to an aromatic ring is 1. The molecule has 2 fully saturated rings. The average molecular weight is 900 g/mol. The van der Waals surface area contributed by atoms with E-state index >= 15 is 0 Å². The lowest BCUT2D eigenvalue weighted by molar-refractivity contribution is -0.118. The summed E-state index contributed by atoms with van der Waals surface area (Å²) < 4.78 is 10.5. The largest absolute Gasteiger partial charge is 0.444 e. The maximum atomic E-state index is 12.1. The summed E-state index contributed by atoms with van der Waals surface area (Å²) in [5.41, 5.74) is 10.5. The number of aromatic nitrogens is 10. The van der Waals surface area contributed by atoms with Gasteiger partial charge >= 0.3 is 6.09 Å². The van der Waals surface area contributed by atoms with Crippen molar-refractivity contribution >= 4 is 106 Å². The van der Waals surface area contributed by atoms with Gasteiger partial charge in [-0.1, -0.05) is 45.9 Å². The van der Waals surface area contributed by atoms with Crippen LogP contribution in [0.5, 0.6) is 0 Å². The molecule has 0 spiro atoms. The number of carbonyl (C=O) groups is 3. The highest BCUT2D eigenvalue weighted by Gasteiger charge is 2.32. The van der Waals surface area contributed by atoms with Gasteiger partial charge in [-0.05, 0) is 82.9 Å². The molecule has 0 atom stereocenters. The minimum absolute atomic E-state index is 0.00101. The molecule has 0 bridgehead atoms. The lowest BCUT2D eigenvalue weighted by Crippen LogP contribution is -2.27. The third-order valence-corrected chi connectivity index (χ3v) is 12.0. The number of nitrogens with one attached hydrogen (secondary N) is 5. The number of hydrogen-bond acceptors (Lipinski definition) is 13. The van der Waals surface area contributed by atoms with Gasteiger partial charge < -0.3 is 21.1 Å². The van der Waals surface area contributed by atoms with Gasteiger partial charge in [-0.3, -0.25) is 34.2 Å². The second-order valence-corrected chi connectivity index (χ2v) is 18.2. The van der Waals surface area contributed by atoms with Crippen molar-refractivity contribution in [1.29, 1.82) is 0 Å². The molecule has 0 saturated heterocycles. The van der Waals surface area contributed by atoms with E-state index < -0.39 is 11.7 Å². The van der Waals surface area contributed by atoms with Crippen LogP contribution in [0.4, 0.5) is 26.4 Å². The van der Waals surface area contributed by atoms with E-state index in [0.29, 0.717) is 65.9 Å². The number of rotatable bonds is 9. The number of H-pyrrole nitrogens is 2. The first-order chi connectivity index (χ1) is 29.3. The van der Waals surface area contributed by atoms with Gasteiger partial charge in [0.15, 0.2) is 33.2 Å². The van der Waals surface area contributed by atoms with Crippen LogP contribution in [0.15, 0.2) is 61.4 Å². The number of nitrogens with zero attached hydrogens (tertiary/aromatic N) is 8. The predicted octanol–water partition coefficient (Wildman–Crippen LogP) is 8.68. The molecule has 2 aromatic carbocycles. The average Bonchev–Trinajstić information content (AvgIpc) is 3.85. The van der Waals surface area contributed by atoms with E-state index in [1.165, 1.54) is 22.7 Å². The molecular weight excluding hydrogens is 864 g/mol. The van der Waals surface area contributed by atoms with E-state index in [9.17, 15) is 14.4 Å². The Morgan fingerprint density at radius 3 is 1.70 bits per heavy atom. The predicted molar refractivity (Wildman–Crippen MR) is 236 cm³/mol. The summed E-state index contributed by atoms with van der Waals surface area (Å²) in [5.74, 6) is 1.49. The fourth-order valence-corrected chi connectivity index (χ4v) is 8.61. The van der Waals surface area contributed by atoms with Crippen LogP contribution in [-0.2, 0) is 14.3 Å². The quantitative estimate of drug-likeness (QED) is 0.0749. The number of nitrogens with two attached hydrogens (primary N) is 1. The molecule has 0 aliphatic heterocycles. The number of fused-ring (bicyclic) bond motifs is 2. The summed E-state index contributed by atoms with van der Waals surface area (Å²) in [7, 11) is 0. The zero-order valence-corrected chi connectivity index (χ0v) is 35.8. The maximum Gasteiger partial charge on any atom is 0.412 e. The molecular formula is C39H36Cl2N14O4S2. The topological polar surface area (TPSA) is 241 Å². The molecule has 2 aliphatic carbocycles. The highest BCUT2D eigenvalue weighted by Crippen LogP contribution is 2.38. The molecule has 10 rings (SSSR count). The molecule has 6 aromatic heterocycles. The zero-order valence-electron chi connectivity index (χ0n) is 32.6. The molecule has 7 N–H and O–H groups in total. The number of benzene rings is 2. The summed E-state index contributed by atoms with van der Waals surface area (Å²) in [6, 6.07) is 10.5. The third-order valence-electron chi connectivity index (χ3n) is 9.45. The first-order valence-corrected chi connectivity index (χ1v) is 21.4. The van der Waals surface area contributed by atoms with E-state index in [4.69, 9.17) is 33.7 Å². The molecule has 18 nitrogen and oxygen atoms in total. The minimum atomic E-state index is -0.605. The smallest absolute Gasteiger partial charge is 0.412 e. The Kier molecular flexibility index (Phi) is 10.5. The van der Waals surface area contributed by atoms with Crippen LogP contribution >= 0.6 is 45.9 Å².